The highest BCUT2D eigenvalue weighted by Gasteiger charge is 2.25. The van der Waals surface area contributed by atoms with Crippen LogP contribution in [0.2, 0.25) is 0 Å². The van der Waals surface area contributed by atoms with Crippen molar-refractivity contribution in [3.63, 3.8) is 0 Å². The largest absolute Gasteiger partial charge is 0.477 e. The topological polar surface area (TPSA) is 42.7 Å². The molecule has 0 fully saturated rings. The smallest absolute Gasteiger partial charge is 0.340 e. The van der Waals surface area contributed by atoms with Crippen molar-refractivity contribution in [2.75, 3.05) is 13.3 Å². The van der Waals surface area contributed by atoms with Gasteiger partial charge in [-0.25, -0.2) is 4.79 Å². The highest BCUT2D eigenvalue weighted by Crippen LogP contribution is 2.37. The van der Waals surface area contributed by atoms with Crippen LogP contribution in [0.25, 0.3) is 11.0 Å². The number of hydrogen-bond donors (Lipinski definition) is 0. The minimum atomic E-state index is -0.263. The van der Waals surface area contributed by atoms with Gasteiger partial charge >= 0.3 is 5.63 Å². The van der Waals surface area contributed by atoms with Crippen molar-refractivity contribution in [2.24, 2.45) is 0 Å². The highest BCUT2D eigenvalue weighted by atomic mass is 16.5. The third-order valence-electron chi connectivity index (χ3n) is 6.74. The van der Waals surface area contributed by atoms with Crippen molar-refractivity contribution in [1.29, 1.82) is 0 Å². The van der Waals surface area contributed by atoms with Gasteiger partial charge in [-0.1, -0.05) is 67.6 Å². The first-order valence-electron chi connectivity index (χ1n) is 11.5. The van der Waals surface area contributed by atoms with Gasteiger partial charge in [0, 0.05) is 41.6 Å². The molecule has 168 valence electrons. The second-order valence-electron chi connectivity index (χ2n) is 9.12. The molecule has 0 amide bonds. The van der Waals surface area contributed by atoms with Gasteiger partial charge in [-0.15, -0.1) is 0 Å². The summed E-state index contributed by atoms with van der Waals surface area (Å²) in [6.07, 6.45) is 0.568. The van der Waals surface area contributed by atoms with Crippen LogP contribution < -0.4 is 10.4 Å². The van der Waals surface area contributed by atoms with Gasteiger partial charge in [-0.05, 0) is 42.5 Å². The number of aryl methyl sites for hydroxylation is 2. The molecule has 0 unspecified atom stereocenters. The van der Waals surface area contributed by atoms with E-state index in [1.807, 2.05) is 44.2 Å². The minimum Gasteiger partial charge on any atom is -0.477 e. The van der Waals surface area contributed by atoms with Gasteiger partial charge in [0.25, 0.3) is 0 Å². The lowest BCUT2D eigenvalue weighted by Gasteiger charge is -2.32. The number of fused-ring (bicyclic) bond motifs is 2. The van der Waals surface area contributed by atoms with Crippen molar-refractivity contribution >= 4 is 11.0 Å². The van der Waals surface area contributed by atoms with Gasteiger partial charge in [0.1, 0.15) is 18.1 Å². The quantitative estimate of drug-likeness (QED) is 0.360. The molecule has 0 aliphatic carbocycles. The summed E-state index contributed by atoms with van der Waals surface area (Å²) in [5, 5.41) is 0.998. The van der Waals surface area contributed by atoms with Crippen molar-refractivity contribution < 1.29 is 9.15 Å². The Morgan fingerprint density at radius 1 is 0.970 bits per heavy atom. The Balaban J connectivity index is 1.48. The Kier molecular flexibility index (Phi) is 5.77. The lowest BCUT2D eigenvalue weighted by Crippen LogP contribution is -2.35. The van der Waals surface area contributed by atoms with Crippen LogP contribution in [0.15, 0.2) is 75.9 Å². The van der Waals surface area contributed by atoms with E-state index in [1.54, 1.807) is 0 Å². The van der Waals surface area contributed by atoms with Gasteiger partial charge in [-0.2, -0.15) is 0 Å². The van der Waals surface area contributed by atoms with E-state index in [2.05, 4.69) is 48.2 Å². The second-order valence-corrected chi connectivity index (χ2v) is 9.12. The normalized spacial score (nSPS) is 14.6. The molecule has 1 aromatic heterocycles. The summed E-state index contributed by atoms with van der Waals surface area (Å²) in [5.41, 5.74) is 6.58. The Morgan fingerprint density at radius 3 is 2.39 bits per heavy atom. The van der Waals surface area contributed by atoms with Gasteiger partial charge in [-0.3, -0.25) is 4.90 Å². The standard InChI is InChI=1S/C29H29NO3/c1-19(23-12-8-5-9-13-23)16-30-17-24-15-25-20(2)26(14-22-10-6-4-7-11-22)29(31)33-28(25)21(3)27(24)32-18-30/h4-13,15,19H,14,16-18H2,1-3H3/t19-/m1/s1. The van der Waals surface area contributed by atoms with E-state index in [4.69, 9.17) is 9.15 Å². The van der Waals surface area contributed by atoms with E-state index in [-0.39, 0.29) is 5.63 Å². The minimum absolute atomic E-state index is 0.263. The monoisotopic (exact) mass is 439 g/mol. The van der Waals surface area contributed by atoms with Crippen LogP contribution in [0.3, 0.4) is 0 Å². The number of nitrogens with zero attached hydrogens (tertiary/aromatic N) is 1. The van der Waals surface area contributed by atoms with Gasteiger partial charge in [0.15, 0.2) is 0 Å². The van der Waals surface area contributed by atoms with Crippen LogP contribution in [0.4, 0.5) is 0 Å². The molecule has 4 heteroatoms. The van der Waals surface area contributed by atoms with Crippen LogP contribution in [-0.2, 0) is 13.0 Å². The molecular formula is C29H29NO3. The lowest BCUT2D eigenvalue weighted by atomic mass is 9.95. The summed E-state index contributed by atoms with van der Waals surface area (Å²) in [5.74, 6) is 1.26. The Labute approximate surface area is 194 Å². The fourth-order valence-corrected chi connectivity index (χ4v) is 4.89. The zero-order chi connectivity index (χ0) is 22.9. The number of ether oxygens (including phenoxy) is 1. The van der Waals surface area contributed by atoms with Crippen molar-refractivity contribution in [1.82, 2.24) is 4.90 Å². The Bertz CT molecular complexity index is 1340. The fourth-order valence-electron chi connectivity index (χ4n) is 4.89. The molecule has 1 aliphatic rings. The maximum absolute atomic E-state index is 12.9. The van der Waals surface area contributed by atoms with E-state index in [0.29, 0.717) is 24.7 Å². The summed E-state index contributed by atoms with van der Waals surface area (Å²) in [6.45, 7) is 8.54. The first kappa shape index (κ1) is 21.5. The van der Waals surface area contributed by atoms with Gasteiger partial charge in [0.05, 0.1) is 0 Å². The number of benzene rings is 3. The number of hydrogen-bond acceptors (Lipinski definition) is 4. The molecule has 4 aromatic rings. The predicted octanol–water partition coefficient (Wildman–Crippen LogP) is 5.96. The predicted molar refractivity (Wildman–Crippen MR) is 132 cm³/mol. The summed E-state index contributed by atoms with van der Waals surface area (Å²) in [7, 11) is 0. The molecule has 5 rings (SSSR count). The number of rotatable bonds is 5. The molecule has 0 saturated carbocycles. The third-order valence-corrected chi connectivity index (χ3v) is 6.74. The molecule has 33 heavy (non-hydrogen) atoms. The molecule has 0 N–H and O–H groups in total. The molecule has 0 radical (unpaired) electrons. The van der Waals surface area contributed by atoms with Crippen molar-refractivity contribution in [3.05, 3.63) is 111 Å². The van der Waals surface area contributed by atoms with Crippen LogP contribution in [0.5, 0.6) is 5.75 Å². The van der Waals surface area contributed by atoms with E-state index in [9.17, 15) is 4.79 Å². The summed E-state index contributed by atoms with van der Waals surface area (Å²) in [6, 6.07) is 22.8. The molecule has 1 aliphatic heterocycles. The maximum Gasteiger partial charge on any atom is 0.340 e. The zero-order valence-corrected chi connectivity index (χ0v) is 19.4. The van der Waals surface area contributed by atoms with Gasteiger partial charge < -0.3 is 9.15 Å². The van der Waals surface area contributed by atoms with E-state index >= 15 is 0 Å². The molecule has 0 spiro atoms. The molecular weight excluding hydrogens is 410 g/mol. The SMILES string of the molecule is Cc1c(Cc2ccccc2)c(=O)oc2c(C)c3c(cc12)CN(C[C@@H](C)c1ccccc1)CO3. The van der Waals surface area contributed by atoms with Crippen LogP contribution >= 0.6 is 0 Å². The summed E-state index contributed by atoms with van der Waals surface area (Å²) >= 11 is 0. The first-order chi connectivity index (χ1) is 16.0. The molecule has 1 atom stereocenters. The van der Waals surface area contributed by atoms with Crippen molar-refractivity contribution in [3.8, 4) is 5.75 Å². The van der Waals surface area contributed by atoms with E-state index in [1.165, 1.54) is 5.56 Å². The van der Waals surface area contributed by atoms with Crippen LogP contribution in [0, 0.1) is 13.8 Å². The Morgan fingerprint density at radius 2 is 1.67 bits per heavy atom. The fraction of sp³-hybridized carbons (Fsp3) is 0.276. The third kappa shape index (κ3) is 4.19. The van der Waals surface area contributed by atoms with E-state index in [0.717, 1.165) is 52.0 Å². The highest BCUT2D eigenvalue weighted by molar-refractivity contribution is 5.87. The van der Waals surface area contributed by atoms with Crippen LogP contribution in [-0.4, -0.2) is 18.2 Å². The summed E-state index contributed by atoms with van der Waals surface area (Å²) in [4.78, 5) is 15.2. The zero-order valence-electron chi connectivity index (χ0n) is 19.4. The molecule has 0 saturated heterocycles. The average Bonchev–Trinajstić information content (AvgIpc) is 2.84. The molecule has 0 bridgehead atoms. The molecule has 3 aromatic carbocycles. The second kappa shape index (κ2) is 8.87. The molecule has 2 heterocycles. The molecule has 4 nitrogen and oxygen atoms in total. The van der Waals surface area contributed by atoms with Crippen LogP contribution in [0.1, 0.15) is 46.2 Å². The lowest BCUT2D eigenvalue weighted by molar-refractivity contribution is 0.0900. The van der Waals surface area contributed by atoms with Crippen molar-refractivity contribution in [2.45, 2.75) is 39.7 Å². The Hall–Kier alpha value is -3.37. The van der Waals surface area contributed by atoms with Gasteiger partial charge in [0.2, 0.25) is 0 Å². The summed E-state index contributed by atoms with van der Waals surface area (Å²) < 4.78 is 12.0. The van der Waals surface area contributed by atoms with E-state index < -0.39 is 0 Å². The first-order valence-corrected chi connectivity index (χ1v) is 11.5. The average molecular weight is 440 g/mol. The maximum atomic E-state index is 12.9.